The summed E-state index contributed by atoms with van der Waals surface area (Å²) in [7, 11) is 2.83. The predicted octanol–water partition coefficient (Wildman–Crippen LogP) is 2.95. The lowest BCUT2D eigenvalue weighted by molar-refractivity contribution is -0.111. The van der Waals surface area contributed by atoms with Crippen molar-refractivity contribution >= 4 is 17.3 Å². The van der Waals surface area contributed by atoms with E-state index in [1.54, 1.807) is 12.1 Å². The van der Waals surface area contributed by atoms with E-state index in [-0.39, 0.29) is 34.1 Å². The van der Waals surface area contributed by atoms with Gasteiger partial charge in [-0.15, -0.1) is 0 Å². The number of aliphatic hydroxyl groups excluding tert-OH is 1. The number of allylic oxidation sites excluding steroid dienone is 3. The van der Waals surface area contributed by atoms with E-state index < -0.39 is 11.6 Å². The summed E-state index contributed by atoms with van der Waals surface area (Å²) >= 11 is 0. The number of ketones is 2. The zero-order valence-corrected chi connectivity index (χ0v) is 13.0. The molecule has 0 fully saturated rings. The number of ether oxygens (including phenoxy) is 2. The highest BCUT2D eigenvalue weighted by atomic mass is 16.5. The monoisotopic (exact) mass is 302 g/mol. The Morgan fingerprint density at radius 1 is 1.00 bits per heavy atom. The van der Waals surface area contributed by atoms with Crippen molar-refractivity contribution in [2.45, 2.75) is 13.8 Å². The van der Waals surface area contributed by atoms with Gasteiger partial charge in [0, 0.05) is 0 Å². The standard InChI is InChI=1S/C17H18O5/c1-9(2)5-6-10-15(18)13-11(21-3)7-8-12(22-4)14(13)17(20)16(10)19/h5-9,18H,1-4H3/b6-5+. The zero-order chi connectivity index (χ0) is 16.4. The Bertz CT molecular complexity index is 695. The molecule has 0 spiro atoms. The minimum absolute atomic E-state index is 0.0299. The summed E-state index contributed by atoms with van der Waals surface area (Å²) in [4.78, 5) is 24.7. The van der Waals surface area contributed by atoms with Crippen LogP contribution in [0.5, 0.6) is 11.5 Å². The molecule has 0 amide bonds. The van der Waals surface area contributed by atoms with Crippen LogP contribution in [0.2, 0.25) is 0 Å². The Hall–Kier alpha value is -2.56. The van der Waals surface area contributed by atoms with Crippen LogP contribution in [-0.2, 0) is 4.79 Å². The van der Waals surface area contributed by atoms with Crippen molar-refractivity contribution in [1.82, 2.24) is 0 Å². The molecule has 0 radical (unpaired) electrons. The topological polar surface area (TPSA) is 72.8 Å². The van der Waals surface area contributed by atoms with E-state index in [0.29, 0.717) is 5.75 Å². The molecule has 5 nitrogen and oxygen atoms in total. The molecule has 0 atom stereocenters. The van der Waals surface area contributed by atoms with Gasteiger partial charge in [-0.2, -0.15) is 0 Å². The summed E-state index contributed by atoms with van der Waals surface area (Å²) in [6.07, 6.45) is 3.22. The van der Waals surface area contributed by atoms with Crippen LogP contribution >= 0.6 is 0 Å². The fourth-order valence-corrected chi connectivity index (χ4v) is 2.29. The zero-order valence-electron chi connectivity index (χ0n) is 13.0. The number of methoxy groups -OCH3 is 2. The SMILES string of the molecule is COc1ccc(OC)c2c1C(=O)C(=O)C(/C=C/C(C)C)=C2O. The van der Waals surface area contributed by atoms with E-state index in [1.165, 1.54) is 26.4 Å². The molecule has 0 saturated heterocycles. The summed E-state index contributed by atoms with van der Waals surface area (Å²) in [5.41, 5.74) is 0.193. The second-order valence-corrected chi connectivity index (χ2v) is 5.24. The second kappa shape index (κ2) is 6.05. The average Bonchev–Trinajstić information content (AvgIpc) is 2.50. The van der Waals surface area contributed by atoms with Crippen LogP contribution in [0.3, 0.4) is 0 Å². The largest absolute Gasteiger partial charge is 0.506 e. The van der Waals surface area contributed by atoms with Crippen molar-refractivity contribution in [1.29, 1.82) is 0 Å². The highest BCUT2D eigenvalue weighted by Gasteiger charge is 2.36. The molecule has 116 valence electrons. The van der Waals surface area contributed by atoms with Gasteiger partial charge >= 0.3 is 0 Å². The van der Waals surface area contributed by atoms with E-state index in [9.17, 15) is 14.7 Å². The van der Waals surface area contributed by atoms with E-state index in [1.807, 2.05) is 13.8 Å². The molecule has 0 bridgehead atoms. The number of rotatable bonds is 4. The van der Waals surface area contributed by atoms with Gasteiger partial charge in [0.05, 0.1) is 30.9 Å². The first-order valence-corrected chi connectivity index (χ1v) is 6.88. The van der Waals surface area contributed by atoms with Gasteiger partial charge in [0.15, 0.2) is 0 Å². The van der Waals surface area contributed by atoms with Gasteiger partial charge in [0.1, 0.15) is 17.3 Å². The van der Waals surface area contributed by atoms with Gasteiger partial charge in [-0.05, 0) is 18.1 Å². The van der Waals surface area contributed by atoms with Crippen molar-refractivity contribution in [3.05, 3.63) is 41.0 Å². The highest BCUT2D eigenvalue weighted by Crippen LogP contribution is 2.40. The maximum atomic E-state index is 12.4. The molecule has 1 aliphatic rings. The van der Waals surface area contributed by atoms with Gasteiger partial charge in [-0.1, -0.05) is 26.0 Å². The lowest BCUT2D eigenvalue weighted by atomic mass is 9.86. The minimum atomic E-state index is -0.756. The maximum Gasteiger partial charge on any atom is 0.238 e. The van der Waals surface area contributed by atoms with E-state index in [2.05, 4.69) is 0 Å². The average molecular weight is 302 g/mol. The molecule has 2 rings (SSSR count). The van der Waals surface area contributed by atoms with E-state index in [4.69, 9.17) is 9.47 Å². The Kier molecular flexibility index (Phi) is 4.35. The molecule has 1 aromatic rings. The predicted molar refractivity (Wildman–Crippen MR) is 82.4 cm³/mol. The summed E-state index contributed by atoms with van der Waals surface area (Å²) in [5.74, 6) is -1.03. The number of hydrogen-bond acceptors (Lipinski definition) is 5. The molecule has 0 aliphatic heterocycles. The van der Waals surface area contributed by atoms with Crippen LogP contribution < -0.4 is 9.47 Å². The Morgan fingerprint density at radius 2 is 1.55 bits per heavy atom. The lowest BCUT2D eigenvalue weighted by Crippen LogP contribution is -2.24. The first-order chi connectivity index (χ1) is 10.4. The molecule has 0 heterocycles. The Labute approximate surface area is 128 Å². The third kappa shape index (κ3) is 2.50. The minimum Gasteiger partial charge on any atom is -0.506 e. The smallest absolute Gasteiger partial charge is 0.238 e. The molecule has 22 heavy (non-hydrogen) atoms. The molecule has 0 unspecified atom stereocenters. The number of hydrogen-bond donors (Lipinski definition) is 1. The van der Waals surface area contributed by atoms with E-state index in [0.717, 1.165) is 0 Å². The van der Waals surface area contributed by atoms with Gasteiger partial charge in [0.25, 0.3) is 0 Å². The Balaban J connectivity index is 2.77. The molecular formula is C17H18O5. The second-order valence-electron chi connectivity index (χ2n) is 5.24. The highest BCUT2D eigenvalue weighted by molar-refractivity contribution is 6.53. The van der Waals surface area contributed by atoms with Crippen LogP contribution in [0.15, 0.2) is 29.9 Å². The van der Waals surface area contributed by atoms with Gasteiger partial charge in [-0.3, -0.25) is 9.59 Å². The number of Topliss-reactive ketones (excluding diaryl/α,β-unsaturated/α-hetero) is 2. The van der Waals surface area contributed by atoms with Crippen molar-refractivity contribution in [3.63, 3.8) is 0 Å². The number of aliphatic hydroxyl groups is 1. The molecular weight excluding hydrogens is 284 g/mol. The van der Waals surface area contributed by atoms with Crippen molar-refractivity contribution < 1.29 is 24.2 Å². The molecule has 1 aliphatic carbocycles. The number of carbonyl (C=O) groups excluding carboxylic acids is 2. The number of fused-ring (bicyclic) bond motifs is 1. The first kappa shape index (κ1) is 15.8. The quantitative estimate of drug-likeness (QED) is 0.866. The lowest BCUT2D eigenvalue weighted by Gasteiger charge is -2.20. The summed E-state index contributed by atoms with van der Waals surface area (Å²) in [6, 6.07) is 3.12. The van der Waals surface area contributed by atoms with E-state index >= 15 is 0 Å². The van der Waals surface area contributed by atoms with Crippen LogP contribution in [-0.4, -0.2) is 30.9 Å². The summed E-state index contributed by atoms with van der Waals surface area (Å²) < 4.78 is 10.3. The molecule has 5 heteroatoms. The summed E-state index contributed by atoms with van der Waals surface area (Å²) in [5, 5.41) is 10.5. The van der Waals surface area contributed by atoms with Crippen molar-refractivity contribution in [3.8, 4) is 11.5 Å². The maximum absolute atomic E-state index is 12.4. The fraction of sp³-hybridized carbons (Fsp3) is 0.294. The Morgan fingerprint density at radius 3 is 2.05 bits per heavy atom. The third-order valence-electron chi connectivity index (χ3n) is 3.39. The molecule has 0 aromatic heterocycles. The number of benzene rings is 1. The van der Waals surface area contributed by atoms with Gasteiger partial charge < -0.3 is 14.6 Å². The number of carbonyl (C=O) groups is 2. The molecule has 0 saturated carbocycles. The first-order valence-electron chi connectivity index (χ1n) is 6.88. The van der Waals surface area contributed by atoms with Gasteiger partial charge in [-0.25, -0.2) is 0 Å². The van der Waals surface area contributed by atoms with Crippen LogP contribution in [0, 0.1) is 5.92 Å². The van der Waals surface area contributed by atoms with Crippen LogP contribution in [0.4, 0.5) is 0 Å². The van der Waals surface area contributed by atoms with Crippen LogP contribution in [0.1, 0.15) is 29.8 Å². The van der Waals surface area contributed by atoms with Crippen LogP contribution in [0.25, 0.3) is 5.76 Å². The third-order valence-corrected chi connectivity index (χ3v) is 3.39. The fourth-order valence-electron chi connectivity index (χ4n) is 2.29. The molecule has 1 aromatic carbocycles. The van der Waals surface area contributed by atoms with Gasteiger partial charge in [0.2, 0.25) is 11.6 Å². The van der Waals surface area contributed by atoms with Crippen molar-refractivity contribution in [2.24, 2.45) is 5.92 Å². The van der Waals surface area contributed by atoms with Crippen molar-refractivity contribution in [2.75, 3.05) is 14.2 Å². The molecule has 1 N–H and O–H groups in total. The normalized spacial score (nSPS) is 14.8. The summed E-state index contributed by atoms with van der Waals surface area (Å²) in [6.45, 7) is 3.86.